The molecular weight excluding hydrogens is 334 g/mol. The molecule has 6 nitrogen and oxygen atoms in total. The zero-order chi connectivity index (χ0) is 18.6. The summed E-state index contributed by atoms with van der Waals surface area (Å²) in [5.74, 6) is 0.356. The van der Waals surface area contributed by atoms with Gasteiger partial charge in [-0.25, -0.2) is 0 Å². The van der Waals surface area contributed by atoms with Crippen molar-refractivity contribution in [1.82, 2.24) is 0 Å². The number of amides is 1. The number of esters is 1. The van der Waals surface area contributed by atoms with Gasteiger partial charge in [0.25, 0.3) is 5.91 Å². The second-order valence-corrected chi connectivity index (χ2v) is 6.43. The number of rotatable bonds is 6. The lowest BCUT2D eigenvalue weighted by atomic mass is 10.1. The van der Waals surface area contributed by atoms with Crippen molar-refractivity contribution in [3.8, 4) is 5.75 Å². The minimum atomic E-state index is -0.486. The van der Waals surface area contributed by atoms with Crippen molar-refractivity contribution in [2.24, 2.45) is 0 Å². The summed E-state index contributed by atoms with van der Waals surface area (Å²) in [5.41, 5.74) is 0.678. The Morgan fingerprint density at radius 3 is 2.81 bits per heavy atom. The third-order valence-electron chi connectivity index (χ3n) is 4.38. The van der Waals surface area contributed by atoms with Crippen molar-refractivity contribution >= 4 is 17.6 Å². The van der Waals surface area contributed by atoms with E-state index in [1.807, 2.05) is 24.3 Å². The normalized spacial score (nSPS) is 18.5. The molecule has 26 heavy (non-hydrogen) atoms. The maximum absolute atomic E-state index is 12.6. The van der Waals surface area contributed by atoms with Gasteiger partial charge < -0.3 is 19.5 Å². The quantitative estimate of drug-likeness (QED) is 0.616. The maximum Gasteiger partial charge on any atom is 0.305 e. The number of unbranched alkanes of at least 4 members (excludes halogenated alkanes) is 2. The fraction of sp³-hybridized carbons (Fsp3) is 0.600. The summed E-state index contributed by atoms with van der Waals surface area (Å²) in [6, 6.07) is 7.47. The Morgan fingerprint density at radius 1 is 1.15 bits per heavy atom. The summed E-state index contributed by atoms with van der Waals surface area (Å²) in [5, 5.41) is 2.93. The number of benzene rings is 1. The van der Waals surface area contributed by atoms with Crippen LogP contribution < -0.4 is 10.1 Å². The molecule has 1 aliphatic heterocycles. The highest BCUT2D eigenvalue weighted by Gasteiger charge is 2.20. The molecule has 0 spiro atoms. The van der Waals surface area contributed by atoms with Crippen LogP contribution in [0.1, 0.15) is 51.4 Å². The number of hydrogen-bond acceptors (Lipinski definition) is 5. The van der Waals surface area contributed by atoms with E-state index in [0.717, 1.165) is 38.5 Å². The SMILES string of the molecule is COC(=O)CCCCCC1OCCCCCOc2ccccc2NC1=O. The van der Waals surface area contributed by atoms with Gasteiger partial charge in [-0.3, -0.25) is 9.59 Å². The van der Waals surface area contributed by atoms with Crippen molar-refractivity contribution in [2.45, 2.75) is 57.5 Å². The van der Waals surface area contributed by atoms with E-state index in [-0.39, 0.29) is 11.9 Å². The van der Waals surface area contributed by atoms with Crippen LogP contribution in [0.15, 0.2) is 24.3 Å². The van der Waals surface area contributed by atoms with E-state index in [4.69, 9.17) is 9.47 Å². The molecule has 0 aliphatic carbocycles. The first-order chi connectivity index (χ1) is 12.7. The highest BCUT2D eigenvalue weighted by molar-refractivity contribution is 5.95. The summed E-state index contributed by atoms with van der Waals surface area (Å²) in [6.07, 6.45) is 5.90. The molecule has 0 bridgehead atoms. The zero-order valence-corrected chi connectivity index (χ0v) is 15.5. The average molecular weight is 363 g/mol. The first-order valence-electron chi connectivity index (χ1n) is 9.42. The van der Waals surface area contributed by atoms with E-state index in [9.17, 15) is 9.59 Å². The number of para-hydroxylation sites is 2. The molecule has 6 heteroatoms. The van der Waals surface area contributed by atoms with E-state index in [1.165, 1.54) is 7.11 Å². The molecule has 0 saturated carbocycles. The van der Waals surface area contributed by atoms with Gasteiger partial charge in [0.1, 0.15) is 11.9 Å². The van der Waals surface area contributed by atoms with Crippen LogP contribution >= 0.6 is 0 Å². The topological polar surface area (TPSA) is 73.9 Å². The Hall–Kier alpha value is -2.08. The van der Waals surface area contributed by atoms with Crippen LogP contribution in [-0.4, -0.2) is 38.3 Å². The fourth-order valence-corrected chi connectivity index (χ4v) is 2.87. The molecule has 0 aromatic heterocycles. The van der Waals surface area contributed by atoms with Crippen LogP contribution in [0.3, 0.4) is 0 Å². The van der Waals surface area contributed by atoms with Gasteiger partial charge in [0, 0.05) is 13.0 Å². The van der Waals surface area contributed by atoms with Gasteiger partial charge in [-0.15, -0.1) is 0 Å². The Labute approximate surface area is 155 Å². The first kappa shape index (κ1) is 20.2. The number of nitrogens with one attached hydrogen (secondary N) is 1. The molecule has 0 saturated heterocycles. The molecule has 0 fully saturated rings. The first-order valence-corrected chi connectivity index (χ1v) is 9.42. The number of methoxy groups -OCH3 is 1. The Bertz CT molecular complexity index is 575. The minimum absolute atomic E-state index is 0.144. The molecule has 2 rings (SSSR count). The standard InChI is InChI=1S/C20H29NO5/c1-24-19(22)13-5-2-4-12-18-20(23)21-16-10-6-7-11-17(16)25-14-8-3-9-15-26-18/h6-7,10-11,18H,2-5,8-9,12-15H2,1H3,(H,21,23). The van der Waals surface area contributed by atoms with Gasteiger partial charge >= 0.3 is 5.97 Å². The number of fused-ring (bicyclic) bond motifs is 1. The van der Waals surface area contributed by atoms with E-state index in [1.54, 1.807) is 0 Å². The lowest BCUT2D eigenvalue weighted by Gasteiger charge is -2.20. The molecule has 1 heterocycles. The molecule has 1 atom stereocenters. The van der Waals surface area contributed by atoms with Crippen molar-refractivity contribution in [2.75, 3.05) is 25.6 Å². The third-order valence-corrected chi connectivity index (χ3v) is 4.38. The zero-order valence-electron chi connectivity index (χ0n) is 15.5. The molecular formula is C20H29NO5. The lowest BCUT2D eigenvalue weighted by molar-refractivity contribution is -0.140. The van der Waals surface area contributed by atoms with Crippen LogP contribution in [0.5, 0.6) is 5.75 Å². The molecule has 1 aromatic carbocycles. The van der Waals surface area contributed by atoms with E-state index < -0.39 is 6.10 Å². The predicted molar refractivity (Wildman–Crippen MR) is 99.3 cm³/mol. The van der Waals surface area contributed by atoms with Crippen molar-refractivity contribution in [3.05, 3.63) is 24.3 Å². The number of carbonyl (C=O) groups excluding carboxylic acids is 2. The van der Waals surface area contributed by atoms with Gasteiger partial charge in [0.05, 0.1) is 19.4 Å². The molecule has 1 unspecified atom stereocenters. The van der Waals surface area contributed by atoms with E-state index >= 15 is 0 Å². The van der Waals surface area contributed by atoms with Gasteiger partial charge in [-0.05, 0) is 44.2 Å². The maximum atomic E-state index is 12.6. The molecule has 144 valence electrons. The third kappa shape index (κ3) is 7.04. The lowest BCUT2D eigenvalue weighted by Crippen LogP contribution is -2.31. The van der Waals surface area contributed by atoms with Crippen LogP contribution in [0.2, 0.25) is 0 Å². The largest absolute Gasteiger partial charge is 0.491 e. The van der Waals surface area contributed by atoms with Crippen molar-refractivity contribution in [3.63, 3.8) is 0 Å². The molecule has 1 aromatic rings. The van der Waals surface area contributed by atoms with E-state index in [0.29, 0.717) is 37.5 Å². The number of hydrogen-bond donors (Lipinski definition) is 1. The van der Waals surface area contributed by atoms with Crippen LogP contribution in [-0.2, 0) is 19.1 Å². The summed E-state index contributed by atoms with van der Waals surface area (Å²) in [6.45, 7) is 1.21. The second-order valence-electron chi connectivity index (χ2n) is 6.43. The molecule has 1 amide bonds. The summed E-state index contributed by atoms with van der Waals surface area (Å²) in [7, 11) is 1.40. The smallest absolute Gasteiger partial charge is 0.305 e. The monoisotopic (exact) mass is 363 g/mol. The van der Waals surface area contributed by atoms with Crippen molar-refractivity contribution < 1.29 is 23.8 Å². The highest BCUT2D eigenvalue weighted by Crippen LogP contribution is 2.25. The molecule has 1 N–H and O–H groups in total. The van der Waals surface area contributed by atoms with Gasteiger partial charge in [-0.1, -0.05) is 25.0 Å². The number of carbonyl (C=O) groups is 2. The Morgan fingerprint density at radius 2 is 1.96 bits per heavy atom. The van der Waals surface area contributed by atoms with Crippen LogP contribution in [0.4, 0.5) is 5.69 Å². The number of anilines is 1. The highest BCUT2D eigenvalue weighted by atomic mass is 16.5. The Kier molecular flexibility index (Phi) is 8.96. The van der Waals surface area contributed by atoms with Gasteiger partial charge in [0.15, 0.2) is 0 Å². The number of ether oxygens (including phenoxy) is 3. The Balaban J connectivity index is 1.90. The molecule has 1 aliphatic rings. The molecule has 0 radical (unpaired) electrons. The minimum Gasteiger partial charge on any atom is -0.491 e. The summed E-state index contributed by atoms with van der Waals surface area (Å²) in [4.78, 5) is 23.8. The fourth-order valence-electron chi connectivity index (χ4n) is 2.87. The predicted octanol–water partition coefficient (Wildman–Crippen LogP) is 3.70. The van der Waals surface area contributed by atoms with Crippen molar-refractivity contribution in [1.29, 1.82) is 0 Å². The van der Waals surface area contributed by atoms with Gasteiger partial charge in [0.2, 0.25) is 0 Å². The second kappa shape index (κ2) is 11.5. The average Bonchev–Trinajstić information content (AvgIpc) is 2.65. The summed E-state index contributed by atoms with van der Waals surface area (Å²) < 4.78 is 16.3. The van der Waals surface area contributed by atoms with E-state index in [2.05, 4.69) is 10.1 Å². The van der Waals surface area contributed by atoms with Crippen LogP contribution in [0, 0.1) is 0 Å². The van der Waals surface area contributed by atoms with Gasteiger partial charge in [-0.2, -0.15) is 0 Å². The van der Waals surface area contributed by atoms with Crippen LogP contribution in [0.25, 0.3) is 0 Å². The summed E-state index contributed by atoms with van der Waals surface area (Å²) >= 11 is 0.